The van der Waals surface area contributed by atoms with E-state index in [2.05, 4.69) is 20.3 Å². The summed E-state index contributed by atoms with van der Waals surface area (Å²) < 4.78 is 7.26. The highest BCUT2D eigenvalue weighted by atomic mass is 16.6. The van der Waals surface area contributed by atoms with Crippen LogP contribution in [0.15, 0.2) is 43.0 Å². The van der Waals surface area contributed by atoms with Gasteiger partial charge in [-0.05, 0) is 12.1 Å². The Kier molecular flexibility index (Phi) is 4.44. The molecule has 4 rings (SSSR count). The minimum atomic E-state index is -1.22. The zero-order valence-corrected chi connectivity index (χ0v) is 14.1. The summed E-state index contributed by atoms with van der Waals surface area (Å²) in [6.45, 7) is 0.0339. The fraction of sp³-hybridized carbons (Fsp3) is 0.294. The molecule has 140 valence electrons. The summed E-state index contributed by atoms with van der Waals surface area (Å²) in [4.78, 5) is 24.3. The van der Waals surface area contributed by atoms with Gasteiger partial charge in [0.1, 0.15) is 30.2 Å². The molecule has 1 saturated heterocycles. The zero-order chi connectivity index (χ0) is 19.0. The van der Waals surface area contributed by atoms with Gasteiger partial charge < -0.3 is 26.0 Å². The molecule has 10 nitrogen and oxygen atoms in total. The highest BCUT2D eigenvalue weighted by Gasteiger charge is 2.44. The van der Waals surface area contributed by atoms with E-state index < -0.39 is 24.5 Å². The van der Waals surface area contributed by atoms with Crippen molar-refractivity contribution in [3.63, 3.8) is 0 Å². The fourth-order valence-corrected chi connectivity index (χ4v) is 3.07. The Hall–Kier alpha value is -3.08. The molecule has 2 aromatic heterocycles. The van der Waals surface area contributed by atoms with Crippen molar-refractivity contribution in [2.24, 2.45) is 0 Å². The number of aromatic nitrogens is 4. The number of amides is 1. The second-order valence-electron chi connectivity index (χ2n) is 6.21. The van der Waals surface area contributed by atoms with Gasteiger partial charge in [-0.1, -0.05) is 18.2 Å². The number of aliphatic hydroxyl groups excluding tert-OH is 2. The van der Waals surface area contributed by atoms with Crippen LogP contribution in [0, 0.1) is 0 Å². The van der Waals surface area contributed by atoms with Gasteiger partial charge in [-0.3, -0.25) is 9.36 Å². The molecule has 1 aliphatic heterocycles. The molecule has 1 unspecified atom stereocenters. The van der Waals surface area contributed by atoms with Gasteiger partial charge in [0, 0.05) is 12.1 Å². The van der Waals surface area contributed by atoms with E-state index in [-0.39, 0.29) is 18.3 Å². The van der Waals surface area contributed by atoms with Crippen LogP contribution >= 0.6 is 0 Å². The van der Waals surface area contributed by atoms with Crippen LogP contribution in [-0.2, 0) is 4.74 Å². The van der Waals surface area contributed by atoms with E-state index in [4.69, 9.17) is 10.5 Å². The first-order valence-electron chi connectivity index (χ1n) is 8.34. The van der Waals surface area contributed by atoms with Crippen LogP contribution in [0.1, 0.15) is 16.6 Å². The number of nitrogen functional groups attached to an aromatic ring is 1. The van der Waals surface area contributed by atoms with E-state index >= 15 is 0 Å². The number of fused-ring (bicyclic) bond motifs is 1. The number of rotatable bonds is 4. The Morgan fingerprint density at radius 1 is 1.19 bits per heavy atom. The van der Waals surface area contributed by atoms with Gasteiger partial charge in [0.15, 0.2) is 17.7 Å². The van der Waals surface area contributed by atoms with Crippen LogP contribution in [0.2, 0.25) is 0 Å². The highest BCUT2D eigenvalue weighted by Crippen LogP contribution is 2.31. The predicted molar refractivity (Wildman–Crippen MR) is 94.4 cm³/mol. The number of nitrogens with two attached hydrogens (primary N) is 1. The lowest BCUT2D eigenvalue weighted by molar-refractivity contribution is -0.0337. The van der Waals surface area contributed by atoms with Crippen molar-refractivity contribution >= 4 is 22.9 Å². The average Bonchev–Trinajstić information content (AvgIpc) is 3.23. The molecule has 4 atom stereocenters. The number of ether oxygens (including phenoxy) is 1. The smallest absolute Gasteiger partial charge is 0.251 e. The maximum atomic E-state index is 12.2. The van der Waals surface area contributed by atoms with Crippen molar-refractivity contribution in [3.8, 4) is 0 Å². The van der Waals surface area contributed by atoms with Gasteiger partial charge in [0.2, 0.25) is 0 Å². The van der Waals surface area contributed by atoms with Gasteiger partial charge in [-0.25, -0.2) is 15.0 Å². The number of hydrogen-bond acceptors (Lipinski definition) is 8. The van der Waals surface area contributed by atoms with Crippen LogP contribution in [0.4, 0.5) is 5.82 Å². The molecule has 0 aliphatic carbocycles. The Labute approximate surface area is 153 Å². The fourth-order valence-electron chi connectivity index (χ4n) is 3.07. The largest absolute Gasteiger partial charge is 0.387 e. The molecule has 0 saturated carbocycles. The minimum Gasteiger partial charge on any atom is -0.387 e. The van der Waals surface area contributed by atoms with Gasteiger partial charge in [-0.15, -0.1) is 0 Å². The van der Waals surface area contributed by atoms with Crippen molar-refractivity contribution in [1.82, 2.24) is 24.8 Å². The Morgan fingerprint density at radius 2 is 1.96 bits per heavy atom. The Bertz CT molecular complexity index is 962. The third-order valence-electron chi connectivity index (χ3n) is 4.50. The zero-order valence-electron chi connectivity index (χ0n) is 14.1. The van der Waals surface area contributed by atoms with Crippen molar-refractivity contribution in [2.45, 2.75) is 24.5 Å². The summed E-state index contributed by atoms with van der Waals surface area (Å²) in [5, 5.41) is 23.4. The van der Waals surface area contributed by atoms with E-state index in [1.54, 1.807) is 24.3 Å². The normalized spacial score (nSPS) is 25.0. The van der Waals surface area contributed by atoms with Crippen LogP contribution < -0.4 is 11.1 Å². The summed E-state index contributed by atoms with van der Waals surface area (Å²) in [6, 6.07) is 8.69. The lowest BCUT2D eigenvalue weighted by atomic mass is 10.1. The highest BCUT2D eigenvalue weighted by molar-refractivity contribution is 5.94. The Morgan fingerprint density at radius 3 is 2.74 bits per heavy atom. The van der Waals surface area contributed by atoms with Crippen molar-refractivity contribution < 1.29 is 19.7 Å². The van der Waals surface area contributed by atoms with E-state index in [1.165, 1.54) is 17.2 Å². The summed E-state index contributed by atoms with van der Waals surface area (Å²) in [7, 11) is 0. The summed E-state index contributed by atoms with van der Waals surface area (Å²) in [5.41, 5.74) is 7.02. The van der Waals surface area contributed by atoms with E-state index in [0.717, 1.165) is 0 Å². The lowest BCUT2D eigenvalue weighted by Gasteiger charge is -2.16. The molecule has 1 amide bonds. The molecule has 27 heavy (non-hydrogen) atoms. The summed E-state index contributed by atoms with van der Waals surface area (Å²) >= 11 is 0. The molecule has 3 aromatic rings. The van der Waals surface area contributed by atoms with E-state index in [1.807, 2.05) is 6.07 Å². The van der Waals surface area contributed by atoms with Crippen LogP contribution in [0.5, 0.6) is 0 Å². The predicted octanol–water partition coefficient (Wildman–Crippen LogP) is -0.542. The first-order chi connectivity index (χ1) is 13.1. The summed E-state index contributed by atoms with van der Waals surface area (Å²) in [6.07, 6.45) is -1.43. The quantitative estimate of drug-likeness (QED) is 0.478. The third-order valence-corrected chi connectivity index (χ3v) is 4.50. The first-order valence-corrected chi connectivity index (χ1v) is 8.34. The maximum Gasteiger partial charge on any atom is 0.251 e. The monoisotopic (exact) mass is 370 g/mol. The molecular weight excluding hydrogens is 352 g/mol. The molecule has 3 heterocycles. The number of hydrogen-bond donors (Lipinski definition) is 4. The van der Waals surface area contributed by atoms with Gasteiger partial charge in [0.05, 0.1) is 6.33 Å². The number of anilines is 1. The van der Waals surface area contributed by atoms with E-state index in [0.29, 0.717) is 16.7 Å². The molecule has 10 heteroatoms. The first kappa shape index (κ1) is 17.3. The number of aliphatic hydroxyl groups is 2. The summed E-state index contributed by atoms with van der Waals surface area (Å²) in [5.74, 6) is -0.0867. The van der Waals surface area contributed by atoms with Crippen LogP contribution in [0.3, 0.4) is 0 Å². The van der Waals surface area contributed by atoms with Crippen LogP contribution in [-0.4, -0.2) is 60.5 Å². The average molecular weight is 370 g/mol. The van der Waals surface area contributed by atoms with Crippen LogP contribution in [0.25, 0.3) is 11.2 Å². The molecular formula is C17H18N6O4. The molecule has 0 spiro atoms. The third kappa shape index (κ3) is 3.10. The SMILES string of the molecule is Nc1ncnc2c1ncn2C1O[C@H](CNC(=O)c2ccccc2)[C@@H](O)[C@H]1O. The number of imidazole rings is 1. The van der Waals surface area contributed by atoms with Crippen molar-refractivity contribution in [3.05, 3.63) is 48.5 Å². The standard InChI is InChI=1S/C17H18N6O4/c18-14-11-15(21-7-20-14)23(8-22-11)17-13(25)12(24)10(27-17)6-19-16(26)9-4-2-1-3-5-9/h1-5,7-8,10,12-13,17,24-25H,6H2,(H,19,26)(H2,18,20,21)/t10-,12-,13-,17?/m1/s1. The number of nitrogens with zero attached hydrogens (tertiary/aromatic N) is 4. The number of nitrogens with one attached hydrogen (secondary N) is 1. The molecule has 0 radical (unpaired) electrons. The van der Waals surface area contributed by atoms with Gasteiger partial charge in [0.25, 0.3) is 5.91 Å². The second kappa shape index (κ2) is 6.91. The molecule has 1 aromatic carbocycles. The molecule has 1 fully saturated rings. The number of benzene rings is 1. The molecule has 1 aliphatic rings. The minimum absolute atomic E-state index is 0.0339. The number of carbonyl (C=O) groups excluding carboxylic acids is 1. The van der Waals surface area contributed by atoms with Gasteiger partial charge in [-0.2, -0.15) is 0 Å². The molecule has 5 N–H and O–H groups in total. The Balaban J connectivity index is 1.49. The van der Waals surface area contributed by atoms with Crippen molar-refractivity contribution in [2.75, 3.05) is 12.3 Å². The van der Waals surface area contributed by atoms with Gasteiger partial charge >= 0.3 is 0 Å². The second-order valence-corrected chi connectivity index (χ2v) is 6.21. The lowest BCUT2D eigenvalue weighted by Crippen LogP contribution is -2.39. The molecule has 0 bridgehead atoms. The topological polar surface area (TPSA) is 148 Å². The number of carbonyl (C=O) groups is 1. The maximum absolute atomic E-state index is 12.2. The van der Waals surface area contributed by atoms with Crippen molar-refractivity contribution in [1.29, 1.82) is 0 Å². The van der Waals surface area contributed by atoms with E-state index in [9.17, 15) is 15.0 Å².